The van der Waals surface area contributed by atoms with Crippen molar-refractivity contribution in [3.05, 3.63) is 53.8 Å². The molecule has 0 aromatic heterocycles. The van der Waals surface area contributed by atoms with Crippen LogP contribution in [0.25, 0.3) is 0 Å². The SMILES string of the molecule is COc1ccc(NC(=O)C(C)(C)C)cc1NC(=O)c1cccc(F)c1. The molecular weight excluding hydrogens is 323 g/mol. The largest absolute Gasteiger partial charge is 0.495 e. The van der Waals surface area contributed by atoms with E-state index < -0.39 is 17.1 Å². The van der Waals surface area contributed by atoms with Crippen LogP contribution >= 0.6 is 0 Å². The second kappa shape index (κ2) is 7.34. The molecule has 2 N–H and O–H groups in total. The molecule has 0 saturated heterocycles. The van der Waals surface area contributed by atoms with Gasteiger partial charge in [-0.15, -0.1) is 0 Å². The fourth-order valence-corrected chi connectivity index (χ4v) is 2.03. The van der Waals surface area contributed by atoms with Crippen molar-refractivity contribution in [2.45, 2.75) is 20.8 Å². The molecule has 0 heterocycles. The molecule has 0 saturated carbocycles. The minimum atomic E-state index is -0.551. The molecule has 0 aliphatic heterocycles. The highest BCUT2D eigenvalue weighted by molar-refractivity contribution is 6.05. The van der Waals surface area contributed by atoms with Gasteiger partial charge in [0.1, 0.15) is 11.6 Å². The molecule has 2 aromatic carbocycles. The van der Waals surface area contributed by atoms with Crippen LogP contribution in [0.3, 0.4) is 0 Å². The normalized spacial score (nSPS) is 10.9. The Labute approximate surface area is 146 Å². The van der Waals surface area contributed by atoms with Crippen LogP contribution in [0.4, 0.5) is 15.8 Å². The Morgan fingerprint density at radius 1 is 1.04 bits per heavy atom. The molecular formula is C19H21FN2O3. The number of rotatable bonds is 4. The predicted molar refractivity (Wildman–Crippen MR) is 95.4 cm³/mol. The molecule has 132 valence electrons. The molecule has 0 aliphatic rings. The summed E-state index contributed by atoms with van der Waals surface area (Å²) in [6.07, 6.45) is 0. The number of anilines is 2. The lowest BCUT2D eigenvalue weighted by atomic mass is 9.95. The van der Waals surface area contributed by atoms with Gasteiger partial charge in [0.05, 0.1) is 12.8 Å². The molecule has 2 rings (SSSR count). The van der Waals surface area contributed by atoms with Gasteiger partial charge in [0.25, 0.3) is 5.91 Å². The van der Waals surface area contributed by atoms with E-state index in [2.05, 4.69) is 10.6 Å². The Hall–Kier alpha value is -2.89. The number of hydrogen-bond donors (Lipinski definition) is 2. The molecule has 0 atom stereocenters. The van der Waals surface area contributed by atoms with Gasteiger partial charge in [-0.2, -0.15) is 0 Å². The van der Waals surface area contributed by atoms with Crippen LogP contribution in [0.1, 0.15) is 31.1 Å². The Morgan fingerprint density at radius 3 is 2.36 bits per heavy atom. The molecule has 25 heavy (non-hydrogen) atoms. The van der Waals surface area contributed by atoms with E-state index in [1.54, 1.807) is 39.0 Å². The Balaban J connectivity index is 2.25. The van der Waals surface area contributed by atoms with Crippen LogP contribution in [0.15, 0.2) is 42.5 Å². The van der Waals surface area contributed by atoms with Crippen LogP contribution in [-0.4, -0.2) is 18.9 Å². The maximum Gasteiger partial charge on any atom is 0.255 e. The first-order valence-corrected chi connectivity index (χ1v) is 7.77. The van der Waals surface area contributed by atoms with Crippen LogP contribution in [0.5, 0.6) is 5.75 Å². The van der Waals surface area contributed by atoms with E-state index in [-0.39, 0.29) is 11.5 Å². The summed E-state index contributed by atoms with van der Waals surface area (Å²) in [5.41, 5.74) is 0.537. The van der Waals surface area contributed by atoms with Crippen molar-refractivity contribution in [2.24, 2.45) is 5.41 Å². The lowest BCUT2D eigenvalue weighted by Crippen LogP contribution is -2.27. The number of hydrogen-bond acceptors (Lipinski definition) is 3. The smallest absolute Gasteiger partial charge is 0.255 e. The van der Waals surface area contributed by atoms with Crippen molar-refractivity contribution < 1.29 is 18.7 Å². The van der Waals surface area contributed by atoms with E-state index in [4.69, 9.17) is 4.74 Å². The van der Waals surface area contributed by atoms with Crippen LogP contribution < -0.4 is 15.4 Å². The van der Waals surface area contributed by atoms with E-state index in [9.17, 15) is 14.0 Å². The molecule has 0 bridgehead atoms. The highest BCUT2D eigenvalue weighted by atomic mass is 19.1. The zero-order valence-electron chi connectivity index (χ0n) is 14.6. The molecule has 6 heteroatoms. The molecule has 0 fully saturated rings. The lowest BCUT2D eigenvalue weighted by molar-refractivity contribution is -0.123. The van der Waals surface area contributed by atoms with Gasteiger partial charge in [0.2, 0.25) is 5.91 Å². The number of halogens is 1. The number of carbonyl (C=O) groups excluding carboxylic acids is 2. The van der Waals surface area contributed by atoms with Crippen molar-refractivity contribution in [3.63, 3.8) is 0 Å². The summed E-state index contributed by atoms with van der Waals surface area (Å²) in [6.45, 7) is 5.41. The molecule has 0 aliphatic carbocycles. The van der Waals surface area contributed by atoms with E-state index in [1.165, 1.54) is 25.3 Å². The van der Waals surface area contributed by atoms with Gasteiger partial charge in [-0.25, -0.2) is 4.39 Å². The molecule has 2 aromatic rings. The van der Waals surface area contributed by atoms with Crippen LogP contribution in [0.2, 0.25) is 0 Å². The Bertz CT molecular complexity index is 797. The van der Waals surface area contributed by atoms with E-state index in [1.807, 2.05) is 0 Å². The molecule has 2 amide bonds. The predicted octanol–water partition coefficient (Wildman–Crippen LogP) is 4.07. The minimum absolute atomic E-state index is 0.153. The molecule has 0 radical (unpaired) electrons. The topological polar surface area (TPSA) is 67.4 Å². The minimum Gasteiger partial charge on any atom is -0.495 e. The van der Waals surface area contributed by atoms with Gasteiger partial charge in [-0.05, 0) is 36.4 Å². The first-order chi connectivity index (χ1) is 11.7. The van der Waals surface area contributed by atoms with Gasteiger partial charge < -0.3 is 15.4 Å². The number of ether oxygens (including phenoxy) is 1. The van der Waals surface area contributed by atoms with Crippen molar-refractivity contribution >= 4 is 23.2 Å². The zero-order valence-corrected chi connectivity index (χ0v) is 14.6. The summed E-state index contributed by atoms with van der Waals surface area (Å²) in [5.74, 6) is -0.693. The van der Waals surface area contributed by atoms with E-state index in [0.29, 0.717) is 17.1 Å². The van der Waals surface area contributed by atoms with Gasteiger partial charge >= 0.3 is 0 Å². The first-order valence-electron chi connectivity index (χ1n) is 7.77. The molecule has 0 unspecified atom stereocenters. The zero-order chi connectivity index (χ0) is 18.6. The van der Waals surface area contributed by atoms with Crippen molar-refractivity contribution in [2.75, 3.05) is 17.7 Å². The Morgan fingerprint density at radius 2 is 1.76 bits per heavy atom. The average Bonchev–Trinajstić information content (AvgIpc) is 2.54. The van der Waals surface area contributed by atoms with Crippen molar-refractivity contribution in [1.29, 1.82) is 0 Å². The highest BCUT2D eigenvalue weighted by Crippen LogP contribution is 2.29. The van der Waals surface area contributed by atoms with Gasteiger partial charge in [-0.1, -0.05) is 26.8 Å². The van der Waals surface area contributed by atoms with Crippen LogP contribution in [-0.2, 0) is 4.79 Å². The number of amides is 2. The van der Waals surface area contributed by atoms with Crippen molar-refractivity contribution in [1.82, 2.24) is 0 Å². The standard InChI is InChI=1S/C19H21FN2O3/c1-19(2,3)18(24)21-14-8-9-16(25-4)15(11-14)22-17(23)12-6-5-7-13(20)10-12/h5-11H,1-4H3,(H,21,24)(H,22,23). The Kier molecular flexibility index (Phi) is 5.41. The summed E-state index contributed by atoms with van der Waals surface area (Å²) in [5, 5.41) is 5.47. The fourth-order valence-electron chi connectivity index (χ4n) is 2.03. The first kappa shape index (κ1) is 18.4. The quantitative estimate of drug-likeness (QED) is 0.878. The number of methoxy groups -OCH3 is 1. The van der Waals surface area contributed by atoms with Crippen molar-refractivity contribution in [3.8, 4) is 5.75 Å². The summed E-state index contributed by atoms with van der Waals surface area (Å²) < 4.78 is 18.5. The summed E-state index contributed by atoms with van der Waals surface area (Å²) in [4.78, 5) is 24.4. The fraction of sp³-hybridized carbons (Fsp3) is 0.263. The third kappa shape index (κ3) is 4.79. The van der Waals surface area contributed by atoms with Crippen LogP contribution in [0, 0.1) is 11.2 Å². The number of carbonyl (C=O) groups is 2. The summed E-state index contributed by atoms with van der Waals surface area (Å²) in [7, 11) is 1.47. The summed E-state index contributed by atoms with van der Waals surface area (Å²) >= 11 is 0. The number of nitrogens with one attached hydrogen (secondary N) is 2. The highest BCUT2D eigenvalue weighted by Gasteiger charge is 2.21. The summed E-state index contributed by atoms with van der Waals surface area (Å²) in [6, 6.07) is 10.3. The maximum absolute atomic E-state index is 13.3. The third-order valence-electron chi connectivity index (χ3n) is 3.47. The monoisotopic (exact) mass is 344 g/mol. The van der Waals surface area contributed by atoms with Gasteiger partial charge in [0, 0.05) is 16.7 Å². The third-order valence-corrected chi connectivity index (χ3v) is 3.47. The second-order valence-corrected chi connectivity index (χ2v) is 6.58. The lowest BCUT2D eigenvalue weighted by Gasteiger charge is -2.19. The number of benzene rings is 2. The van der Waals surface area contributed by atoms with E-state index >= 15 is 0 Å². The van der Waals surface area contributed by atoms with Gasteiger partial charge in [-0.3, -0.25) is 9.59 Å². The maximum atomic E-state index is 13.3. The van der Waals surface area contributed by atoms with E-state index in [0.717, 1.165) is 6.07 Å². The average molecular weight is 344 g/mol. The molecule has 0 spiro atoms. The molecule has 5 nitrogen and oxygen atoms in total. The van der Waals surface area contributed by atoms with Gasteiger partial charge in [0.15, 0.2) is 0 Å². The second-order valence-electron chi connectivity index (χ2n) is 6.58.